The molecule has 0 saturated carbocycles. The largest absolute Gasteiger partial charge is 0.376 e. The fourth-order valence-corrected chi connectivity index (χ4v) is 2.95. The van der Waals surface area contributed by atoms with Crippen LogP contribution in [0.5, 0.6) is 0 Å². The van der Waals surface area contributed by atoms with Crippen LogP contribution in [0.1, 0.15) is 46.5 Å². The molecule has 0 aromatic heterocycles. The van der Waals surface area contributed by atoms with E-state index in [2.05, 4.69) is 26.1 Å². The van der Waals surface area contributed by atoms with Gasteiger partial charge in [-0.15, -0.1) is 0 Å². The molecule has 2 amide bonds. The van der Waals surface area contributed by atoms with Gasteiger partial charge in [0.15, 0.2) is 0 Å². The van der Waals surface area contributed by atoms with E-state index >= 15 is 0 Å². The van der Waals surface area contributed by atoms with E-state index < -0.39 is 0 Å². The number of ether oxygens (including phenoxy) is 2. The average Bonchev–Trinajstić information content (AvgIpc) is 2.98. The van der Waals surface area contributed by atoms with Gasteiger partial charge in [0.25, 0.3) is 0 Å². The van der Waals surface area contributed by atoms with E-state index in [4.69, 9.17) is 9.47 Å². The second-order valence-corrected chi connectivity index (χ2v) is 6.09. The van der Waals surface area contributed by atoms with Crippen molar-refractivity contribution in [2.75, 3.05) is 26.3 Å². The molecule has 2 saturated heterocycles. The molecule has 0 aliphatic carbocycles. The second-order valence-electron chi connectivity index (χ2n) is 6.09. The van der Waals surface area contributed by atoms with Crippen LogP contribution in [0.15, 0.2) is 0 Å². The molecule has 2 aliphatic rings. The van der Waals surface area contributed by atoms with Gasteiger partial charge in [-0.05, 0) is 32.6 Å². The smallest absolute Gasteiger partial charge is 0.317 e. The van der Waals surface area contributed by atoms with Crippen LogP contribution < -0.4 is 5.32 Å². The monoisotopic (exact) mass is 284 g/mol. The molecule has 2 aliphatic heterocycles. The maximum Gasteiger partial charge on any atom is 0.317 e. The number of carbonyl (C=O) groups is 1. The van der Waals surface area contributed by atoms with Crippen LogP contribution >= 0.6 is 0 Å². The van der Waals surface area contributed by atoms with E-state index in [1.807, 2.05) is 4.90 Å². The Hall–Kier alpha value is -0.810. The van der Waals surface area contributed by atoms with Gasteiger partial charge in [0.1, 0.15) is 0 Å². The van der Waals surface area contributed by atoms with Crippen LogP contribution in [-0.2, 0) is 9.47 Å². The highest BCUT2D eigenvalue weighted by Gasteiger charge is 2.34. The fraction of sp³-hybridized carbons (Fsp3) is 0.933. The second kappa shape index (κ2) is 6.76. The van der Waals surface area contributed by atoms with Crippen molar-refractivity contribution in [3.8, 4) is 0 Å². The summed E-state index contributed by atoms with van der Waals surface area (Å²) in [4.78, 5) is 14.3. The van der Waals surface area contributed by atoms with Crippen molar-refractivity contribution in [2.45, 2.75) is 64.2 Å². The molecule has 5 nitrogen and oxygen atoms in total. The first kappa shape index (κ1) is 15.6. The molecular weight excluding hydrogens is 256 g/mol. The Balaban J connectivity index is 1.89. The Morgan fingerprint density at radius 2 is 2.25 bits per heavy atom. The average molecular weight is 284 g/mol. The van der Waals surface area contributed by atoms with E-state index in [0.29, 0.717) is 19.7 Å². The third-order valence-corrected chi connectivity index (χ3v) is 4.53. The van der Waals surface area contributed by atoms with E-state index in [9.17, 15) is 4.79 Å². The summed E-state index contributed by atoms with van der Waals surface area (Å²) in [6, 6.07) is 0.149. The zero-order valence-corrected chi connectivity index (χ0v) is 13.0. The van der Waals surface area contributed by atoms with Gasteiger partial charge in [-0.3, -0.25) is 0 Å². The van der Waals surface area contributed by atoms with Crippen molar-refractivity contribution in [3.63, 3.8) is 0 Å². The van der Waals surface area contributed by atoms with Crippen molar-refractivity contribution in [1.82, 2.24) is 10.2 Å². The minimum atomic E-state index is -0.207. The normalized spacial score (nSPS) is 32.1. The van der Waals surface area contributed by atoms with Gasteiger partial charge in [0.05, 0.1) is 30.9 Å². The predicted molar refractivity (Wildman–Crippen MR) is 77.8 cm³/mol. The fourth-order valence-electron chi connectivity index (χ4n) is 2.95. The number of rotatable bonds is 4. The van der Waals surface area contributed by atoms with Gasteiger partial charge in [-0.1, -0.05) is 13.8 Å². The molecule has 0 spiro atoms. The highest BCUT2D eigenvalue weighted by molar-refractivity contribution is 5.74. The molecule has 3 atom stereocenters. The minimum Gasteiger partial charge on any atom is -0.376 e. The van der Waals surface area contributed by atoms with Crippen LogP contribution in [0, 0.1) is 0 Å². The third-order valence-electron chi connectivity index (χ3n) is 4.53. The number of nitrogens with one attached hydrogen (secondary N) is 1. The van der Waals surface area contributed by atoms with Crippen LogP contribution in [0.25, 0.3) is 0 Å². The van der Waals surface area contributed by atoms with Crippen LogP contribution in [0.3, 0.4) is 0 Å². The van der Waals surface area contributed by atoms with Crippen LogP contribution in [0.2, 0.25) is 0 Å². The zero-order valence-electron chi connectivity index (χ0n) is 13.0. The third kappa shape index (κ3) is 3.64. The number of hydrogen-bond acceptors (Lipinski definition) is 3. The molecule has 2 fully saturated rings. The molecule has 1 N–H and O–H groups in total. The Labute approximate surface area is 122 Å². The summed E-state index contributed by atoms with van der Waals surface area (Å²) >= 11 is 0. The number of amides is 2. The topological polar surface area (TPSA) is 50.8 Å². The molecule has 0 bridgehead atoms. The van der Waals surface area contributed by atoms with E-state index in [1.54, 1.807) is 0 Å². The molecule has 0 unspecified atom stereocenters. The Bertz CT molecular complexity index is 331. The lowest BCUT2D eigenvalue weighted by Crippen LogP contribution is -2.57. The van der Waals surface area contributed by atoms with Gasteiger partial charge in [0.2, 0.25) is 0 Å². The van der Waals surface area contributed by atoms with Gasteiger partial charge in [0, 0.05) is 13.2 Å². The van der Waals surface area contributed by atoms with E-state index in [1.165, 1.54) is 0 Å². The van der Waals surface area contributed by atoms with Crippen molar-refractivity contribution in [1.29, 1.82) is 0 Å². The molecule has 5 heteroatoms. The summed E-state index contributed by atoms with van der Waals surface area (Å²) in [5.74, 6) is 0. The van der Waals surface area contributed by atoms with Gasteiger partial charge < -0.3 is 19.7 Å². The minimum absolute atomic E-state index is 0.0234. The van der Waals surface area contributed by atoms with Crippen molar-refractivity contribution >= 4 is 6.03 Å². The summed E-state index contributed by atoms with van der Waals surface area (Å²) in [6.07, 6.45) is 4.16. The summed E-state index contributed by atoms with van der Waals surface area (Å²) in [5, 5.41) is 3.15. The van der Waals surface area contributed by atoms with Crippen LogP contribution in [-0.4, -0.2) is 55.0 Å². The van der Waals surface area contributed by atoms with Crippen molar-refractivity contribution in [3.05, 3.63) is 0 Å². The molecule has 116 valence electrons. The first-order chi connectivity index (χ1) is 9.58. The first-order valence-corrected chi connectivity index (χ1v) is 7.89. The van der Waals surface area contributed by atoms with Crippen molar-refractivity contribution < 1.29 is 14.3 Å². The summed E-state index contributed by atoms with van der Waals surface area (Å²) in [6.45, 7) is 9.05. The molecular formula is C15H28N2O3. The molecule has 2 heterocycles. The Kier molecular flexibility index (Phi) is 5.27. The van der Waals surface area contributed by atoms with Crippen LogP contribution in [0.4, 0.5) is 4.79 Å². The highest BCUT2D eigenvalue weighted by atomic mass is 16.5. The maximum absolute atomic E-state index is 12.4. The predicted octanol–water partition coefficient (Wildman–Crippen LogP) is 2.15. The van der Waals surface area contributed by atoms with E-state index in [0.717, 1.165) is 32.3 Å². The first-order valence-electron chi connectivity index (χ1n) is 7.89. The number of hydrogen-bond donors (Lipinski definition) is 1. The molecule has 0 radical (unpaired) electrons. The van der Waals surface area contributed by atoms with E-state index in [-0.39, 0.29) is 23.8 Å². The zero-order chi connectivity index (χ0) is 14.6. The Morgan fingerprint density at radius 1 is 1.45 bits per heavy atom. The Morgan fingerprint density at radius 3 is 2.85 bits per heavy atom. The number of nitrogens with zero attached hydrogens (tertiary/aromatic N) is 1. The summed E-state index contributed by atoms with van der Waals surface area (Å²) in [5.41, 5.74) is -0.207. The lowest BCUT2D eigenvalue weighted by atomic mass is 10.0. The number of morpholine rings is 1. The summed E-state index contributed by atoms with van der Waals surface area (Å²) in [7, 11) is 0. The van der Waals surface area contributed by atoms with Crippen molar-refractivity contribution in [2.24, 2.45) is 0 Å². The SMILES string of the molecule is CC[C@H](NC(=O)N1CCO[C@@](C)(CC)C1)[C@@H]1CCCO1. The highest BCUT2D eigenvalue weighted by Crippen LogP contribution is 2.22. The lowest BCUT2D eigenvalue weighted by Gasteiger charge is -2.40. The maximum atomic E-state index is 12.4. The molecule has 20 heavy (non-hydrogen) atoms. The lowest BCUT2D eigenvalue weighted by molar-refractivity contribution is -0.0877. The number of carbonyl (C=O) groups excluding carboxylic acids is 1. The number of urea groups is 1. The quantitative estimate of drug-likeness (QED) is 0.860. The van der Waals surface area contributed by atoms with Gasteiger partial charge >= 0.3 is 6.03 Å². The van der Waals surface area contributed by atoms with Gasteiger partial charge in [-0.2, -0.15) is 0 Å². The molecule has 0 aromatic rings. The summed E-state index contributed by atoms with van der Waals surface area (Å²) < 4.78 is 11.5. The molecule has 2 rings (SSSR count). The molecule has 0 aromatic carbocycles. The standard InChI is InChI=1S/C15H28N2O3/c1-4-12(13-7-6-9-19-13)16-14(18)17-8-10-20-15(3,5-2)11-17/h12-13H,4-11H2,1-3H3,(H,16,18)/t12-,13-,15-/m0/s1. The van der Waals surface area contributed by atoms with Gasteiger partial charge in [-0.25, -0.2) is 4.79 Å².